The van der Waals surface area contributed by atoms with Gasteiger partial charge >= 0.3 is 0 Å². The van der Waals surface area contributed by atoms with Crippen molar-refractivity contribution in [1.29, 1.82) is 0 Å². The number of methoxy groups -OCH3 is 1. The first-order chi connectivity index (χ1) is 14.2. The predicted molar refractivity (Wildman–Crippen MR) is 109 cm³/mol. The van der Waals surface area contributed by atoms with Crippen molar-refractivity contribution in [3.8, 4) is 0 Å². The minimum atomic E-state index is -0.117. The zero-order valence-corrected chi connectivity index (χ0v) is 17.3. The molecule has 4 rings (SSSR count). The number of pyridine rings is 1. The molecule has 1 aromatic rings. The molecule has 0 saturated carbocycles. The highest BCUT2D eigenvalue weighted by atomic mass is 16.5. The summed E-state index contributed by atoms with van der Waals surface area (Å²) in [5.41, 5.74) is 0.563. The average molecular weight is 401 g/mol. The third kappa shape index (κ3) is 4.46. The number of piperidine rings is 3. The van der Waals surface area contributed by atoms with E-state index in [4.69, 9.17) is 4.74 Å². The minimum Gasteiger partial charge on any atom is -0.385 e. The van der Waals surface area contributed by atoms with Crippen molar-refractivity contribution >= 4 is 11.8 Å². The molecule has 0 unspecified atom stereocenters. The normalized spacial score (nSPS) is 29.4. The van der Waals surface area contributed by atoms with E-state index in [2.05, 4.69) is 20.1 Å². The molecule has 1 aromatic heterocycles. The molecule has 158 valence electrons. The number of hydrogen-bond acceptors (Lipinski definition) is 5. The second-order valence-electron chi connectivity index (χ2n) is 8.64. The molecule has 0 aliphatic carbocycles. The number of carbonyl (C=O) groups is 2. The third-order valence-corrected chi connectivity index (χ3v) is 6.79. The van der Waals surface area contributed by atoms with Gasteiger partial charge in [0.25, 0.3) is 5.91 Å². The van der Waals surface area contributed by atoms with Gasteiger partial charge in [0.15, 0.2) is 0 Å². The number of carbonyl (C=O) groups excluding carboxylic acids is 2. The van der Waals surface area contributed by atoms with Gasteiger partial charge in [0, 0.05) is 64.8 Å². The fourth-order valence-electron chi connectivity index (χ4n) is 5.55. The fraction of sp³-hybridized carbons (Fsp3) is 0.682. The number of ether oxygens (including phenoxy) is 1. The first-order valence-electron chi connectivity index (χ1n) is 10.9. The lowest BCUT2D eigenvalue weighted by molar-refractivity contribution is -0.152. The van der Waals surface area contributed by atoms with Crippen LogP contribution in [0.3, 0.4) is 0 Å². The molecule has 0 aromatic carbocycles. The van der Waals surface area contributed by atoms with E-state index in [9.17, 15) is 9.59 Å². The Bertz CT molecular complexity index is 713. The maximum absolute atomic E-state index is 12.9. The van der Waals surface area contributed by atoms with Crippen LogP contribution in [0.2, 0.25) is 0 Å². The lowest BCUT2D eigenvalue weighted by Gasteiger charge is -2.56. The first kappa shape index (κ1) is 20.3. The SMILES string of the molecule is COCCCN1C[C@H]2C[C@@H](C1)[C@H](CNC(=O)c1cccnc1)N1C(=O)CCC[C@@H]21. The van der Waals surface area contributed by atoms with Gasteiger partial charge in [0.05, 0.1) is 11.6 Å². The highest BCUT2D eigenvalue weighted by Gasteiger charge is 2.49. The van der Waals surface area contributed by atoms with E-state index in [1.165, 1.54) is 0 Å². The quantitative estimate of drug-likeness (QED) is 0.703. The lowest BCUT2D eigenvalue weighted by atomic mass is 9.72. The summed E-state index contributed by atoms with van der Waals surface area (Å²) >= 11 is 0. The van der Waals surface area contributed by atoms with Gasteiger partial charge in [0.1, 0.15) is 0 Å². The number of aromatic nitrogens is 1. The summed E-state index contributed by atoms with van der Waals surface area (Å²) in [6.07, 6.45) is 8.14. The van der Waals surface area contributed by atoms with Crippen LogP contribution in [0.4, 0.5) is 0 Å². The molecule has 4 heterocycles. The van der Waals surface area contributed by atoms with Crippen LogP contribution in [0.1, 0.15) is 42.5 Å². The maximum atomic E-state index is 12.9. The average Bonchev–Trinajstić information content (AvgIpc) is 2.75. The summed E-state index contributed by atoms with van der Waals surface area (Å²) in [6.45, 7) is 4.40. The second kappa shape index (κ2) is 9.22. The Hall–Kier alpha value is -1.99. The number of fused-ring (bicyclic) bond motifs is 4. The third-order valence-electron chi connectivity index (χ3n) is 6.79. The van der Waals surface area contributed by atoms with Crippen LogP contribution in [-0.4, -0.2) is 78.6 Å². The zero-order chi connectivity index (χ0) is 20.2. The standard InChI is InChI=1S/C22H32N4O3/c1-29-10-4-9-25-14-17-11-18(15-25)20(26-19(17)6-2-7-21(26)27)13-24-22(28)16-5-3-8-23-12-16/h3,5,8,12,17-20H,2,4,6-7,9-11,13-15H2,1H3,(H,24,28)/t17-,18+,19+,20+/m1/s1. The predicted octanol–water partition coefficient (Wildman–Crippen LogP) is 1.55. The van der Waals surface area contributed by atoms with Gasteiger partial charge in [0.2, 0.25) is 5.91 Å². The zero-order valence-electron chi connectivity index (χ0n) is 17.3. The number of rotatable bonds is 7. The Balaban J connectivity index is 1.47. The van der Waals surface area contributed by atoms with Gasteiger partial charge in [-0.05, 0) is 49.7 Å². The molecule has 3 fully saturated rings. The maximum Gasteiger partial charge on any atom is 0.252 e. The van der Waals surface area contributed by atoms with E-state index in [1.807, 2.05) is 0 Å². The number of nitrogens with zero attached hydrogens (tertiary/aromatic N) is 3. The summed E-state index contributed by atoms with van der Waals surface area (Å²) in [7, 11) is 1.75. The van der Waals surface area contributed by atoms with Crippen molar-refractivity contribution in [3.63, 3.8) is 0 Å². The van der Waals surface area contributed by atoms with Gasteiger partial charge in [-0.15, -0.1) is 0 Å². The molecule has 7 heteroatoms. The van der Waals surface area contributed by atoms with Crippen LogP contribution in [0.15, 0.2) is 24.5 Å². The summed E-state index contributed by atoms with van der Waals surface area (Å²) in [6, 6.07) is 3.93. The van der Waals surface area contributed by atoms with Crippen molar-refractivity contribution in [2.75, 3.05) is 39.9 Å². The Morgan fingerprint density at radius 3 is 3.00 bits per heavy atom. The molecule has 1 N–H and O–H groups in total. The van der Waals surface area contributed by atoms with Crippen LogP contribution >= 0.6 is 0 Å². The van der Waals surface area contributed by atoms with Crippen molar-refractivity contribution < 1.29 is 14.3 Å². The van der Waals surface area contributed by atoms with E-state index in [0.717, 1.165) is 51.9 Å². The Kier molecular flexibility index (Phi) is 6.45. The lowest BCUT2D eigenvalue weighted by Crippen LogP contribution is -2.67. The summed E-state index contributed by atoms with van der Waals surface area (Å²) in [5, 5.41) is 3.08. The Morgan fingerprint density at radius 2 is 2.21 bits per heavy atom. The largest absolute Gasteiger partial charge is 0.385 e. The van der Waals surface area contributed by atoms with E-state index >= 15 is 0 Å². The van der Waals surface area contributed by atoms with E-state index in [1.54, 1.807) is 31.6 Å². The smallest absolute Gasteiger partial charge is 0.252 e. The van der Waals surface area contributed by atoms with Gasteiger partial charge in [-0.1, -0.05) is 0 Å². The Labute approximate surface area is 172 Å². The number of amides is 2. The van der Waals surface area contributed by atoms with E-state index in [0.29, 0.717) is 36.4 Å². The summed E-state index contributed by atoms with van der Waals surface area (Å²) in [5.74, 6) is 1.10. The van der Waals surface area contributed by atoms with Crippen molar-refractivity contribution in [2.45, 2.75) is 44.2 Å². The highest BCUT2D eigenvalue weighted by Crippen LogP contribution is 2.41. The van der Waals surface area contributed by atoms with Gasteiger partial charge in [-0.3, -0.25) is 14.6 Å². The molecule has 3 aliphatic heterocycles. The monoisotopic (exact) mass is 400 g/mol. The van der Waals surface area contributed by atoms with Crippen LogP contribution in [0.5, 0.6) is 0 Å². The molecule has 0 spiro atoms. The molecule has 7 nitrogen and oxygen atoms in total. The molecule has 2 bridgehead atoms. The van der Waals surface area contributed by atoms with Gasteiger partial charge in [-0.2, -0.15) is 0 Å². The number of likely N-dealkylation sites (tertiary alicyclic amines) is 1. The van der Waals surface area contributed by atoms with Crippen LogP contribution in [0.25, 0.3) is 0 Å². The van der Waals surface area contributed by atoms with Crippen molar-refractivity contribution in [1.82, 2.24) is 20.1 Å². The van der Waals surface area contributed by atoms with Crippen LogP contribution in [-0.2, 0) is 9.53 Å². The number of hydrogen-bond donors (Lipinski definition) is 1. The molecule has 2 amide bonds. The molecule has 3 saturated heterocycles. The highest BCUT2D eigenvalue weighted by molar-refractivity contribution is 5.93. The molecule has 3 aliphatic rings. The minimum absolute atomic E-state index is 0.0786. The van der Waals surface area contributed by atoms with E-state index in [-0.39, 0.29) is 17.9 Å². The van der Waals surface area contributed by atoms with E-state index < -0.39 is 0 Å². The summed E-state index contributed by atoms with van der Waals surface area (Å²) in [4.78, 5) is 34.1. The van der Waals surface area contributed by atoms with Gasteiger partial charge < -0.3 is 19.9 Å². The van der Waals surface area contributed by atoms with Gasteiger partial charge in [-0.25, -0.2) is 0 Å². The molecular formula is C22H32N4O3. The van der Waals surface area contributed by atoms with Crippen LogP contribution < -0.4 is 5.32 Å². The molecule has 0 radical (unpaired) electrons. The molecular weight excluding hydrogens is 368 g/mol. The number of nitrogens with one attached hydrogen (secondary N) is 1. The van der Waals surface area contributed by atoms with Crippen LogP contribution in [0, 0.1) is 11.8 Å². The van der Waals surface area contributed by atoms with Crippen molar-refractivity contribution in [2.24, 2.45) is 11.8 Å². The van der Waals surface area contributed by atoms with Crippen molar-refractivity contribution in [3.05, 3.63) is 30.1 Å². The first-order valence-corrected chi connectivity index (χ1v) is 10.9. The molecule has 4 atom stereocenters. The second-order valence-corrected chi connectivity index (χ2v) is 8.64. The Morgan fingerprint density at radius 1 is 1.34 bits per heavy atom. The topological polar surface area (TPSA) is 74.8 Å². The molecule has 29 heavy (non-hydrogen) atoms. The fourth-order valence-corrected chi connectivity index (χ4v) is 5.55. The summed E-state index contributed by atoms with van der Waals surface area (Å²) < 4.78 is 5.22.